The summed E-state index contributed by atoms with van der Waals surface area (Å²) in [5.74, 6) is 0.588. The molecule has 0 N–H and O–H groups in total. The summed E-state index contributed by atoms with van der Waals surface area (Å²) in [6.45, 7) is 3.64. The summed E-state index contributed by atoms with van der Waals surface area (Å²) in [6.07, 6.45) is 2.19. The molecule has 1 amide bonds. The van der Waals surface area contributed by atoms with Gasteiger partial charge in [-0.3, -0.25) is 9.59 Å². The van der Waals surface area contributed by atoms with Gasteiger partial charge in [-0.15, -0.1) is 10.2 Å². The highest BCUT2D eigenvalue weighted by molar-refractivity contribution is 8.04. The van der Waals surface area contributed by atoms with Crippen molar-refractivity contribution in [2.75, 3.05) is 18.8 Å². The van der Waals surface area contributed by atoms with Crippen LogP contribution in [0.4, 0.5) is 0 Å². The Kier molecular flexibility index (Phi) is 6.50. The van der Waals surface area contributed by atoms with E-state index in [0.29, 0.717) is 11.3 Å². The Morgan fingerprint density at radius 2 is 1.84 bits per heavy atom. The molecule has 0 unspecified atom stereocenters. The fraction of sp³-hybridized carbons (Fsp3) is 0.412. The number of benzene rings is 1. The van der Waals surface area contributed by atoms with Gasteiger partial charge in [0.2, 0.25) is 5.91 Å². The molecule has 2 heterocycles. The summed E-state index contributed by atoms with van der Waals surface area (Å²) in [7, 11) is 0. The van der Waals surface area contributed by atoms with E-state index in [1.54, 1.807) is 0 Å². The predicted octanol–water partition coefficient (Wildman–Crippen LogP) is 3.62. The van der Waals surface area contributed by atoms with Crippen molar-refractivity contribution in [2.24, 2.45) is 0 Å². The van der Waals surface area contributed by atoms with E-state index < -0.39 is 0 Å². The first-order valence-electron chi connectivity index (χ1n) is 8.13. The number of amides is 1. The van der Waals surface area contributed by atoms with Crippen molar-refractivity contribution in [3.8, 4) is 0 Å². The van der Waals surface area contributed by atoms with Gasteiger partial charge in [0, 0.05) is 18.7 Å². The summed E-state index contributed by atoms with van der Waals surface area (Å²) >= 11 is 4.28. The molecule has 0 spiro atoms. The molecule has 1 fully saturated rings. The van der Waals surface area contributed by atoms with Crippen LogP contribution in [0.25, 0.3) is 0 Å². The number of likely N-dealkylation sites (tertiary alicyclic amines) is 1. The third-order valence-electron chi connectivity index (χ3n) is 3.85. The van der Waals surface area contributed by atoms with E-state index in [4.69, 9.17) is 0 Å². The molecule has 1 aromatic heterocycles. The van der Waals surface area contributed by atoms with Gasteiger partial charge in [-0.1, -0.05) is 65.2 Å². The molecule has 25 heavy (non-hydrogen) atoms. The van der Waals surface area contributed by atoms with E-state index in [0.717, 1.165) is 34.6 Å². The van der Waals surface area contributed by atoms with E-state index in [2.05, 4.69) is 10.2 Å². The number of nitrogens with zero attached hydrogens (tertiary/aromatic N) is 3. The molecule has 1 atom stereocenters. The lowest BCUT2D eigenvalue weighted by molar-refractivity contribution is -0.129. The van der Waals surface area contributed by atoms with Gasteiger partial charge in [-0.25, -0.2) is 0 Å². The number of ketones is 1. The van der Waals surface area contributed by atoms with E-state index in [-0.39, 0.29) is 16.9 Å². The van der Waals surface area contributed by atoms with Crippen LogP contribution < -0.4 is 0 Å². The number of carbonyl (C=O) groups excluding carboxylic acids is 2. The minimum absolute atomic E-state index is 0.0765. The maximum absolute atomic E-state index is 12.3. The first-order valence-corrected chi connectivity index (χ1v) is 10.8. The number of thioether (sulfide) groups is 2. The summed E-state index contributed by atoms with van der Waals surface area (Å²) < 4.78 is 1.53. The molecule has 8 heteroatoms. The maximum atomic E-state index is 12.3. The average Bonchev–Trinajstić information content (AvgIpc) is 3.32. The summed E-state index contributed by atoms with van der Waals surface area (Å²) in [5.41, 5.74) is 0.707. The van der Waals surface area contributed by atoms with Gasteiger partial charge >= 0.3 is 0 Å². The third kappa shape index (κ3) is 5.05. The Labute approximate surface area is 159 Å². The van der Waals surface area contributed by atoms with Gasteiger partial charge in [0.15, 0.2) is 14.5 Å². The van der Waals surface area contributed by atoms with Crippen molar-refractivity contribution in [3.05, 3.63) is 35.9 Å². The van der Waals surface area contributed by atoms with Crippen LogP contribution in [-0.4, -0.2) is 50.9 Å². The third-order valence-corrected chi connectivity index (χ3v) is 7.08. The van der Waals surface area contributed by atoms with Crippen molar-refractivity contribution in [2.45, 2.75) is 33.7 Å². The molecule has 1 aromatic carbocycles. The van der Waals surface area contributed by atoms with Crippen molar-refractivity contribution in [3.63, 3.8) is 0 Å². The van der Waals surface area contributed by atoms with Crippen molar-refractivity contribution >= 4 is 46.6 Å². The van der Waals surface area contributed by atoms with Gasteiger partial charge in [0.1, 0.15) is 0 Å². The molecule has 0 bridgehead atoms. The smallest absolute Gasteiger partial charge is 0.235 e. The Morgan fingerprint density at radius 3 is 2.56 bits per heavy atom. The van der Waals surface area contributed by atoms with Gasteiger partial charge in [-0.2, -0.15) is 0 Å². The molecule has 0 aliphatic carbocycles. The molecule has 1 aliphatic rings. The highest BCUT2D eigenvalue weighted by atomic mass is 32.2. The first kappa shape index (κ1) is 18.4. The van der Waals surface area contributed by atoms with Crippen LogP contribution in [0, 0.1) is 0 Å². The molecule has 132 valence electrons. The Hall–Kier alpha value is -1.38. The lowest BCUT2D eigenvalue weighted by atomic mass is 10.2. The van der Waals surface area contributed by atoms with E-state index in [1.807, 2.05) is 42.2 Å². The number of Topliss-reactive ketones (excluding diaryl/α,β-unsaturated/α-hetero) is 1. The average molecular weight is 394 g/mol. The second kappa shape index (κ2) is 8.82. The van der Waals surface area contributed by atoms with E-state index >= 15 is 0 Å². The van der Waals surface area contributed by atoms with Crippen LogP contribution in [0.3, 0.4) is 0 Å². The highest BCUT2D eigenvalue weighted by Gasteiger charge is 2.25. The van der Waals surface area contributed by atoms with Crippen LogP contribution >= 0.6 is 34.9 Å². The Morgan fingerprint density at radius 1 is 1.16 bits per heavy atom. The van der Waals surface area contributed by atoms with Gasteiger partial charge in [0.05, 0.1) is 11.0 Å². The number of carbonyl (C=O) groups is 2. The highest BCUT2D eigenvalue weighted by Crippen LogP contribution is 2.32. The van der Waals surface area contributed by atoms with Crippen LogP contribution in [0.15, 0.2) is 39.0 Å². The van der Waals surface area contributed by atoms with Crippen LogP contribution in [-0.2, 0) is 4.79 Å². The zero-order valence-electron chi connectivity index (χ0n) is 13.9. The zero-order valence-corrected chi connectivity index (χ0v) is 16.3. The predicted molar refractivity (Wildman–Crippen MR) is 103 cm³/mol. The van der Waals surface area contributed by atoms with Crippen molar-refractivity contribution in [1.29, 1.82) is 0 Å². The van der Waals surface area contributed by atoms with Crippen LogP contribution in [0.2, 0.25) is 0 Å². The van der Waals surface area contributed by atoms with E-state index in [1.165, 1.54) is 34.9 Å². The summed E-state index contributed by atoms with van der Waals surface area (Å²) in [5, 5.41) is 8.11. The van der Waals surface area contributed by atoms with Crippen molar-refractivity contribution < 1.29 is 9.59 Å². The molecule has 3 rings (SSSR count). The normalized spacial score (nSPS) is 15.3. The quantitative estimate of drug-likeness (QED) is 0.529. The van der Waals surface area contributed by atoms with Crippen LogP contribution in [0.1, 0.15) is 30.1 Å². The maximum Gasteiger partial charge on any atom is 0.235 e. The molecule has 0 radical (unpaired) electrons. The summed E-state index contributed by atoms with van der Waals surface area (Å²) in [6, 6.07) is 9.24. The molecule has 5 nitrogen and oxygen atoms in total. The standard InChI is InChI=1S/C17H19N3O2S3/c1-12(15(22)20-9-5-6-10-20)24-17-19-18-16(25-17)23-11-14(21)13-7-3-2-4-8-13/h2-4,7-8,12H,5-6,9-11H2,1H3/t12-/m0/s1. The fourth-order valence-electron chi connectivity index (χ4n) is 2.53. The Balaban J connectivity index is 1.50. The van der Waals surface area contributed by atoms with E-state index in [9.17, 15) is 9.59 Å². The first-order chi connectivity index (χ1) is 12.1. The van der Waals surface area contributed by atoms with Crippen molar-refractivity contribution in [1.82, 2.24) is 15.1 Å². The monoisotopic (exact) mass is 393 g/mol. The molecule has 0 saturated carbocycles. The van der Waals surface area contributed by atoms with Gasteiger partial charge in [-0.05, 0) is 19.8 Å². The zero-order chi connectivity index (χ0) is 17.6. The fourth-order valence-corrected chi connectivity index (χ4v) is 5.68. The lowest BCUT2D eigenvalue weighted by Crippen LogP contribution is -2.33. The number of rotatable bonds is 7. The summed E-state index contributed by atoms with van der Waals surface area (Å²) in [4.78, 5) is 26.4. The molecular formula is C17H19N3O2S3. The molecule has 1 aliphatic heterocycles. The number of hydrogen-bond donors (Lipinski definition) is 0. The largest absolute Gasteiger partial charge is 0.342 e. The SMILES string of the molecule is C[C@H](Sc1nnc(SCC(=O)c2ccccc2)s1)C(=O)N1CCCC1. The molecule has 2 aromatic rings. The van der Waals surface area contributed by atoms with Crippen LogP contribution in [0.5, 0.6) is 0 Å². The minimum atomic E-state index is -0.158. The van der Waals surface area contributed by atoms with Gasteiger partial charge < -0.3 is 4.90 Å². The molecule has 1 saturated heterocycles. The molecular weight excluding hydrogens is 374 g/mol. The second-order valence-electron chi connectivity index (χ2n) is 5.70. The Bertz CT molecular complexity index is 730. The van der Waals surface area contributed by atoms with Gasteiger partial charge in [0.25, 0.3) is 0 Å². The topological polar surface area (TPSA) is 63.2 Å². The minimum Gasteiger partial charge on any atom is -0.342 e. The second-order valence-corrected chi connectivity index (χ2v) is 9.49. The number of hydrogen-bond acceptors (Lipinski definition) is 7. The number of aromatic nitrogens is 2. The lowest BCUT2D eigenvalue weighted by Gasteiger charge is -2.18.